The first-order chi connectivity index (χ1) is 6.63. The second-order valence-electron chi connectivity index (χ2n) is 3.21. The van der Waals surface area contributed by atoms with Crippen LogP contribution in [0.1, 0.15) is 12.6 Å². The summed E-state index contributed by atoms with van der Waals surface area (Å²) in [7, 11) is 0. The molecule has 14 heavy (non-hydrogen) atoms. The fourth-order valence-corrected chi connectivity index (χ4v) is 1.03. The molecule has 0 radical (unpaired) electrons. The van der Waals surface area contributed by atoms with Gasteiger partial charge in [0.15, 0.2) is 0 Å². The maximum Gasteiger partial charge on any atom is 0.222 e. The Morgan fingerprint density at radius 3 is 3.07 bits per heavy atom. The van der Waals surface area contributed by atoms with Gasteiger partial charge in [-0.05, 0) is 0 Å². The van der Waals surface area contributed by atoms with Gasteiger partial charge in [0.2, 0.25) is 5.91 Å². The van der Waals surface area contributed by atoms with Crippen LogP contribution < -0.4 is 5.73 Å². The Labute approximate surface area is 81.7 Å². The number of primary amides is 1. The minimum Gasteiger partial charge on any atom is -0.396 e. The van der Waals surface area contributed by atoms with Crippen molar-refractivity contribution in [2.24, 2.45) is 11.7 Å². The van der Waals surface area contributed by atoms with Crippen LogP contribution in [0.3, 0.4) is 0 Å². The van der Waals surface area contributed by atoms with Crippen molar-refractivity contribution in [1.82, 2.24) is 15.0 Å². The second kappa shape index (κ2) is 4.71. The molecule has 6 nitrogen and oxygen atoms in total. The summed E-state index contributed by atoms with van der Waals surface area (Å²) in [5.41, 5.74) is 5.82. The van der Waals surface area contributed by atoms with Crippen molar-refractivity contribution in [3.8, 4) is 0 Å². The number of aliphatic hydroxyl groups is 1. The van der Waals surface area contributed by atoms with E-state index in [0.29, 0.717) is 18.7 Å². The van der Waals surface area contributed by atoms with E-state index in [0.717, 1.165) is 0 Å². The molecule has 0 aliphatic heterocycles. The quantitative estimate of drug-likeness (QED) is 0.630. The van der Waals surface area contributed by atoms with Gasteiger partial charge >= 0.3 is 0 Å². The summed E-state index contributed by atoms with van der Waals surface area (Å²) in [6.07, 6.45) is 2.18. The van der Waals surface area contributed by atoms with Crippen LogP contribution in [0, 0.1) is 5.92 Å². The summed E-state index contributed by atoms with van der Waals surface area (Å²) in [6, 6.07) is 0. The molecule has 78 valence electrons. The van der Waals surface area contributed by atoms with Crippen LogP contribution in [0.25, 0.3) is 0 Å². The number of aromatic nitrogens is 3. The van der Waals surface area contributed by atoms with Gasteiger partial charge in [-0.3, -0.25) is 9.48 Å². The molecule has 1 rings (SSSR count). The third kappa shape index (κ3) is 2.81. The number of nitrogens with zero attached hydrogens (tertiary/aromatic N) is 3. The van der Waals surface area contributed by atoms with Crippen molar-refractivity contribution in [2.45, 2.75) is 19.9 Å². The van der Waals surface area contributed by atoms with Crippen LogP contribution in [0.15, 0.2) is 6.20 Å². The molecular weight excluding hydrogens is 184 g/mol. The Hall–Kier alpha value is -1.43. The minimum absolute atomic E-state index is 0.0457. The van der Waals surface area contributed by atoms with E-state index in [9.17, 15) is 4.79 Å². The fourth-order valence-electron chi connectivity index (χ4n) is 1.03. The molecule has 1 amide bonds. The molecular formula is C8H14N4O2. The number of hydrogen-bond acceptors (Lipinski definition) is 4. The van der Waals surface area contributed by atoms with Crippen LogP contribution in [-0.2, 0) is 17.8 Å². The van der Waals surface area contributed by atoms with Crippen LogP contribution in [-0.4, -0.2) is 32.6 Å². The van der Waals surface area contributed by atoms with Crippen molar-refractivity contribution < 1.29 is 9.90 Å². The van der Waals surface area contributed by atoms with Crippen molar-refractivity contribution in [1.29, 1.82) is 0 Å². The lowest BCUT2D eigenvalue weighted by Crippen LogP contribution is -2.24. The van der Waals surface area contributed by atoms with Crippen LogP contribution in [0.2, 0.25) is 0 Å². The van der Waals surface area contributed by atoms with Crippen molar-refractivity contribution in [2.75, 3.05) is 6.61 Å². The lowest BCUT2D eigenvalue weighted by Gasteiger charge is -2.05. The first kappa shape index (κ1) is 10.6. The van der Waals surface area contributed by atoms with E-state index in [-0.39, 0.29) is 18.4 Å². The van der Waals surface area contributed by atoms with Crippen LogP contribution in [0.4, 0.5) is 0 Å². The molecule has 0 bridgehead atoms. The van der Waals surface area contributed by atoms with Crippen molar-refractivity contribution in [3.05, 3.63) is 11.9 Å². The molecule has 0 fully saturated rings. The van der Waals surface area contributed by atoms with E-state index in [2.05, 4.69) is 10.3 Å². The number of aliphatic hydroxyl groups excluding tert-OH is 1. The Morgan fingerprint density at radius 1 is 1.79 bits per heavy atom. The summed E-state index contributed by atoms with van der Waals surface area (Å²) < 4.78 is 1.56. The van der Waals surface area contributed by atoms with Gasteiger partial charge < -0.3 is 10.8 Å². The highest BCUT2D eigenvalue weighted by Crippen LogP contribution is 2.00. The predicted octanol–water partition coefficient (Wildman–Crippen LogP) is -1.07. The lowest BCUT2D eigenvalue weighted by molar-refractivity contribution is -0.121. The summed E-state index contributed by atoms with van der Waals surface area (Å²) in [6.45, 7) is 2.20. The van der Waals surface area contributed by atoms with Crippen LogP contribution >= 0.6 is 0 Å². The summed E-state index contributed by atoms with van der Waals surface area (Å²) in [4.78, 5) is 10.8. The first-order valence-electron chi connectivity index (χ1n) is 4.42. The third-order valence-corrected chi connectivity index (χ3v) is 1.90. The molecule has 0 spiro atoms. The van der Waals surface area contributed by atoms with E-state index in [1.807, 2.05) is 0 Å². The van der Waals surface area contributed by atoms with E-state index >= 15 is 0 Å². The highest BCUT2D eigenvalue weighted by atomic mass is 16.3. The number of hydrogen-bond donors (Lipinski definition) is 2. The van der Waals surface area contributed by atoms with Gasteiger partial charge in [0.25, 0.3) is 0 Å². The Kier molecular flexibility index (Phi) is 3.58. The number of carbonyl (C=O) groups is 1. The Morgan fingerprint density at radius 2 is 2.50 bits per heavy atom. The average molecular weight is 198 g/mol. The number of carbonyl (C=O) groups excluding carboxylic acids is 1. The van der Waals surface area contributed by atoms with Gasteiger partial charge in [-0.2, -0.15) is 0 Å². The van der Waals surface area contributed by atoms with E-state index in [4.69, 9.17) is 10.8 Å². The zero-order valence-electron chi connectivity index (χ0n) is 8.05. The third-order valence-electron chi connectivity index (χ3n) is 1.90. The van der Waals surface area contributed by atoms with Gasteiger partial charge in [-0.25, -0.2) is 0 Å². The van der Waals surface area contributed by atoms with Gasteiger partial charge in [-0.1, -0.05) is 12.1 Å². The maximum absolute atomic E-state index is 10.8. The normalized spacial score (nSPS) is 12.7. The SMILES string of the molecule is CC(Cn1cc(CCO)nn1)C(N)=O. The zero-order chi connectivity index (χ0) is 10.6. The predicted molar refractivity (Wildman–Crippen MR) is 49.2 cm³/mol. The number of amides is 1. The summed E-state index contributed by atoms with van der Waals surface area (Å²) in [5, 5.41) is 16.3. The average Bonchev–Trinajstić information content (AvgIpc) is 2.53. The molecule has 1 atom stereocenters. The minimum atomic E-state index is -0.357. The van der Waals surface area contributed by atoms with E-state index < -0.39 is 0 Å². The van der Waals surface area contributed by atoms with E-state index in [1.165, 1.54) is 0 Å². The van der Waals surface area contributed by atoms with Gasteiger partial charge in [0.1, 0.15) is 0 Å². The van der Waals surface area contributed by atoms with Gasteiger partial charge in [0.05, 0.1) is 18.2 Å². The van der Waals surface area contributed by atoms with Crippen LogP contribution in [0.5, 0.6) is 0 Å². The van der Waals surface area contributed by atoms with Crippen molar-refractivity contribution in [3.63, 3.8) is 0 Å². The lowest BCUT2D eigenvalue weighted by atomic mass is 10.2. The molecule has 3 N–H and O–H groups in total. The molecule has 0 saturated carbocycles. The molecule has 0 aliphatic rings. The highest BCUT2D eigenvalue weighted by molar-refractivity contribution is 5.76. The highest BCUT2D eigenvalue weighted by Gasteiger charge is 2.10. The second-order valence-corrected chi connectivity index (χ2v) is 3.21. The molecule has 1 aromatic rings. The largest absolute Gasteiger partial charge is 0.396 e. The van der Waals surface area contributed by atoms with Gasteiger partial charge in [-0.15, -0.1) is 5.10 Å². The smallest absolute Gasteiger partial charge is 0.222 e. The molecule has 6 heteroatoms. The standard InChI is InChI=1S/C8H14N4O2/c1-6(8(9)14)4-12-5-7(2-3-13)10-11-12/h5-6,13H,2-4H2,1H3,(H2,9,14). The van der Waals surface area contributed by atoms with Crippen molar-refractivity contribution >= 4 is 5.91 Å². The topological polar surface area (TPSA) is 94.0 Å². The fraction of sp³-hybridized carbons (Fsp3) is 0.625. The van der Waals surface area contributed by atoms with E-state index in [1.54, 1.807) is 17.8 Å². The zero-order valence-corrected chi connectivity index (χ0v) is 8.05. The number of rotatable bonds is 5. The van der Waals surface area contributed by atoms with Gasteiger partial charge in [0, 0.05) is 19.2 Å². The Bertz CT molecular complexity index is 310. The molecule has 1 unspecified atom stereocenters. The summed E-state index contributed by atoms with van der Waals surface area (Å²) in [5.74, 6) is -0.622. The Balaban J connectivity index is 2.55. The molecule has 0 aliphatic carbocycles. The molecule has 0 saturated heterocycles. The summed E-state index contributed by atoms with van der Waals surface area (Å²) >= 11 is 0. The monoisotopic (exact) mass is 198 g/mol. The first-order valence-corrected chi connectivity index (χ1v) is 4.42. The number of nitrogens with two attached hydrogens (primary N) is 1. The maximum atomic E-state index is 10.8. The molecule has 1 aromatic heterocycles. The molecule has 1 heterocycles. The molecule has 0 aromatic carbocycles.